The highest BCUT2D eigenvalue weighted by Crippen LogP contribution is 2.40. The lowest BCUT2D eigenvalue weighted by atomic mass is 10.0. The van der Waals surface area contributed by atoms with Crippen LogP contribution in [0.5, 0.6) is 0 Å². The Morgan fingerprint density at radius 1 is 1.39 bits per heavy atom. The number of fused-ring (bicyclic) bond motifs is 1. The van der Waals surface area contributed by atoms with Crippen LogP contribution >= 0.6 is 35.0 Å². The molecular weight excluding hydrogens is 379 g/mol. The maximum atomic E-state index is 12.4. The van der Waals surface area contributed by atoms with E-state index in [2.05, 4.69) is 5.32 Å². The molecule has 1 fully saturated rings. The van der Waals surface area contributed by atoms with Crippen LogP contribution in [0.15, 0.2) is 11.3 Å². The number of amides is 2. The third-order valence-electron chi connectivity index (χ3n) is 3.25. The number of halogens is 2. The molecule has 1 N–H and O–H groups in total. The fourth-order valence-corrected chi connectivity index (χ4v) is 4.38. The summed E-state index contributed by atoms with van der Waals surface area (Å²) in [5.41, 5.74) is 1.08. The van der Waals surface area contributed by atoms with Gasteiger partial charge in [-0.15, -0.1) is 11.8 Å². The van der Waals surface area contributed by atoms with E-state index in [-0.39, 0.29) is 11.3 Å². The van der Waals surface area contributed by atoms with Crippen molar-refractivity contribution in [1.82, 2.24) is 10.2 Å². The molecule has 2 aliphatic rings. The minimum absolute atomic E-state index is 0.292. The molecule has 0 spiro atoms. The van der Waals surface area contributed by atoms with E-state index < -0.39 is 31.1 Å². The SMILES string of the molecule is CC1=C(C(=O)O[Si](C)(C)C)N2C(=O)C(NC(=O)C(Cl)Cl)[C@@H]2SC1. The van der Waals surface area contributed by atoms with Gasteiger partial charge in [0.05, 0.1) is 0 Å². The molecule has 2 aliphatic heterocycles. The molecule has 0 saturated carbocycles. The minimum Gasteiger partial charge on any atom is -0.515 e. The van der Waals surface area contributed by atoms with Crippen molar-refractivity contribution in [3.05, 3.63) is 11.3 Å². The zero-order valence-corrected chi connectivity index (χ0v) is 16.5. The van der Waals surface area contributed by atoms with Gasteiger partial charge in [-0.3, -0.25) is 14.5 Å². The van der Waals surface area contributed by atoms with Crippen LogP contribution in [0.1, 0.15) is 6.92 Å². The Balaban J connectivity index is 2.17. The van der Waals surface area contributed by atoms with Crippen molar-refractivity contribution in [3.63, 3.8) is 0 Å². The lowest BCUT2D eigenvalue weighted by Gasteiger charge is -2.49. The van der Waals surface area contributed by atoms with Crippen LogP contribution in [0.25, 0.3) is 0 Å². The van der Waals surface area contributed by atoms with Crippen molar-refractivity contribution in [1.29, 1.82) is 0 Å². The number of rotatable bonds is 4. The summed E-state index contributed by atoms with van der Waals surface area (Å²) in [6, 6.07) is -0.727. The summed E-state index contributed by atoms with van der Waals surface area (Å²) >= 11 is 12.5. The molecule has 1 saturated heterocycles. The van der Waals surface area contributed by atoms with Gasteiger partial charge in [0.25, 0.3) is 11.8 Å². The number of thioether (sulfide) groups is 1. The van der Waals surface area contributed by atoms with Crippen LogP contribution in [0.3, 0.4) is 0 Å². The van der Waals surface area contributed by atoms with E-state index in [1.54, 1.807) is 6.92 Å². The summed E-state index contributed by atoms with van der Waals surface area (Å²) in [4.78, 5) is 36.5. The summed E-state index contributed by atoms with van der Waals surface area (Å²) in [6.45, 7) is 7.50. The van der Waals surface area contributed by atoms with E-state index in [4.69, 9.17) is 27.6 Å². The second kappa shape index (κ2) is 6.66. The first kappa shape index (κ1) is 18.6. The Bertz CT molecular complexity index is 591. The van der Waals surface area contributed by atoms with Crippen LogP contribution in [0, 0.1) is 0 Å². The van der Waals surface area contributed by atoms with Crippen molar-refractivity contribution in [2.24, 2.45) is 0 Å². The molecule has 1 unspecified atom stereocenters. The molecule has 128 valence electrons. The molecule has 2 heterocycles. The second-order valence-electron chi connectivity index (χ2n) is 6.33. The lowest BCUT2D eigenvalue weighted by Crippen LogP contribution is -2.71. The number of hydrogen-bond donors (Lipinski definition) is 1. The van der Waals surface area contributed by atoms with E-state index in [0.29, 0.717) is 11.4 Å². The monoisotopic (exact) mass is 396 g/mol. The van der Waals surface area contributed by atoms with Crippen molar-refractivity contribution in [2.45, 2.75) is 42.8 Å². The van der Waals surface area contributed by atoms with E-state index in [0.717, 1.165) is 5.57 Å². The third-order valence-corrected chi connectivity index (χ3v) is 5.87. The molecule has 10 heteroatoms. The quantitative estimate of drug-likeness (QED) is 0.445. The molecular formula is C13H18Cl2N2O4SSi. The number of hydrogen-bond acceptors (Lipinski definition) is 5. The number of alkyl halides is 2. The summed E-state index contributed by atoms with van der Waals surface area (Å²) in [6.07, 6.45) is 0. The zero-order chi connectivity index (χ0) is 17.5. The van der Waals surface area contributed by atoms with Gasteiger partial charge in [0.1, 0.15) is 17.1 Å². The second-order valence-corrected chi connectivity index (χ2v) is 13.0. The summed E-state index contributed by atoms with van der Waals surface area (Å²) < 4.78 is 5.51. The van der Waals surface area contributed by atoms with Crippen molar-refractivity contribution < 1.29 is 18.8 Å². The first-order valence-electron chi connectivity index (χ1n) is 6.99. The van der Waals surface area contributed by atoms with Gasteiger partial charge in [-0.25, -0.2) is 4.79 Å². The molecule has 23 heavy (non-hydrogen) atoms. The van der Waals surface area contributed by atoms with Crippen molar-refractivity contribution in [3.8, 4) is 0 Å². The third kappa shape index (κ3) is 3.87. The maximum absolute atomic E-state index is 12.4. The first-order chi connectivity index (χ1) is 10.5. The van der Waals surface area contributed by atoms with Crippen LogP contribution in [0.4, 0.5) is 0 Å². The Morgan fingerprint density at radius 2 is 2.00 bits per heavy atom. The molecule has 0 aromatic rings. The van der Waals surface area contributed by atoms with Gasteiger partial charge >= 0.3 is 5.97 Å². The van der Waals surface area contributed by atoms with Gasteiger partial charge in [0.2, 0.25) is 8.32 Å². The number of β-lactam (4-membered cyclic amide) rings is 1. The standard InChI is InChI=1S/C13H18Cl2N2O4SSi/c1-6-5-22-12-7(16-10(18)9(14)15)11(19)17(12)8(6)13(20)21-23(2,3)4/h7,9,12H,5H2,1-4H3,(H,16,18)/t7?,12-/m0/s1. The lowest BCUT2D eigenvalue weighted by molar-refractivity contribution is -0.150. The predicted octanol–water partition coefficient (Wildman–Crippen LogP) is 1.84. The van der Waals surface area contributed by atoms with E-state index in [9.17, 15) is 14.4 Å². The van der Waals surface area contributed by atoms with Crippen LogP contribution in [0.2, 0.25) is 19.6 Å². The highest BCUT2D eigenvalue weighted by atomic mass is 35.5. The summed E-state index contributed by atoms with van der Waals surface area (Å²) in [5, 5.41) is 2.17. The summed E-state index contributed by atoms with van der Waals surface area (Å²) in [5.74, 6) is -0.865. The highest BCUT2D eigenvalue weighted by molar-refractivity contribution is 8.00. The van der Waals surface area contributed by atoms with Gasteiger partial charge in [0.15, 0.2) is 4.84 Å². The number of nitrogens with one attached hydrogen (secondary N) is 1. The van der Waals surface area contributed by atoms with Crippen LogP contribution in [-0.2, 0) is 18.8 Å². The molecule has 0 aromatic heterocycles. The molecule has 2 amide bonds. The normalized spacial score (nSPS) is 24.3. The fourth-order valence-electron chi connectivity index (χ4n) is 2.31. The average Bonchev–Trinajstić information content (AvgIpc) is 2.41. The summed E-state index contributed by atoms with van der Waals surface area (Å²) in [7, 11) is -2.07. The zero-order valence-electron chi connectivity index (χ0n) is 13.2. The Morgan fingerprint density at radius 3 is 2.52 bits per heavy atom. The van der Waals surface area contributed by atoms with E-state index >= 15 is 0 Å². The topological polar surface area (TPSA) is 75.7 Å². The van der Waals surface area contributed by atoms with Gasteiger partial charge in [-0.05, 0) is 32.1 Å². The van der Waals surface area contributed by atoms with Crippen molar-refractivity contribution >= 4 is 61.1 Å². The number of carbonyl (C=O) groups is 3. The van der Waals surface area contributed by atoms with E-state index in [1.807, 2.05) is 19.6 Å². The molecule has 0 radical (unpaired) electrons. The molecule has 0 aliphatic carbocycles. The van der Waals surface area contributed by atoms with Crippen LogP contribution in [-0.4, -0.2) is 53.0 Å². The smallest absolute Gasteiger partial charge is 0.341 e. The fraction of sp³-hybridized carbons (Fsp3) is 0.615. The van der Waals surface area contributed by atoms with E-state index in [1.165, 1.54) is 16.7 Å². The molecule has 0 aromatic carbocycles. The minimum atomic E-state index is -2.07. The molecule has 6 nitrogen and oxygen atoms in total. The number of nitrogens with zero attached hydrogens (tertiary/aromatic N) is 1. The molecule has 2 atom stereocenters. The average molecular weight is 397 g/mol. The van der Waals surface area contributed by atoms with Gasteiger partial charge in [0, 0.05) is 5.75 Å². The highest BCUT2D eigenvalue weighted by Gasteiger charge is 2.54. The molecule has 0 bridgehead atoms. The Labute approximate surface area is 150 Å². The van der Waals surface area contributed by atoms with Crippen molar-refractivity contribution in [2.75, 3.05) is 5.75 Å². The molecule has 2 rings (SSSR count). The maximum Gasteiger partial charge on any atom is 0.341 e. The van der Waals surface area contributed by atoms with Gasteiger partial charge < -0.3 is 9.74 Å². The first-order valence-corrected chi connectivity index (χ1v) is 12.3. The Hall–Kier alpha value is -0.703. The number of carbonyl (C=O) groups excluding carboxylic acids is 3. The Kier molecular flexibility index (Phi) is 5.39. The van der Waals surface area contributed by atoms with Gasteiger partial charge in [-0.1, -0.05) is 23.2 Å². The largest absolute Gasteiger partial charge is 0.515 e. The van der Waals surface area contributed by atoms with Crippen LogP contribution < -0.4 is 5.32 Å². The predicted molar refractivity (Wildman–Crippen MR) is 92.7 cm³/mol. The van der Waals surface area contributed by atoms with Gasteiger partial charge in [-0.2, -0.15) is 0 Å².